The van der Waals surface area contributed by atoms with Crippen LogP contribution in [0.15, 0.2) is 24.3 Å². The number of nitrogens with one attached hydrogen (secondary N) is 2. The predicted octanol–water partition coefficient (Wildman–Crippen LogP) is 3.26. The molecule has 2 aromatic rings. The molecule has 166 valence electrons. The van der Waals surface area contributed by atoms with Gasteiger partial charge in [-0.15, -0.1) is 0 Å². The number of hydrogen-bond acceptors (Lipinski definition) is 4. The lowest BCUT2D eigenvalue weighted by molar-refractivity contribution is -0.124. The van der Waals surface area contributed by atoms with Crippen LogP contribution in [0.5, 0.6) is 0 Å². The van der Waals surface area contributed by atoms with Crippen LogP contribution in [0.25, 0.3) is 11.1 Å². The Hall–Kier alpha value is -2.93. The lowest BCUT2D eigenvalue weighted by Gasteiger charge is -2.29. The maximum atomic E-state index is 11.9. The molecule has 1 fully saturated rings. The smallest absolute Gasteiger partial charge is 0.404 e. The highest BCUT2D eigenvalue weighted by atomic mass is 16.4. The van der Waals surface area contributed by atoms with Crippen LogP contribution in [-0.4, -0.2) is 46.6 Å². The van der Waals surface area contributed by atoms with Crippen molar-refractivity contribution in [2.75, 3.05) is 19.6 Å². The summed E-state index contributed by atoms with van der Waals surface area (Å²) in [6.07, 6.45) is -0.289. The van der Waals surface area contributed by atoms with Crippen LogP contribution in [0.2, 0.25) is 0 Å². The van der Waals surface area contributed by atoms with E-state index in [0.717, 1.165) is 52.2 Å². The third kappa shape index (κ3) is 5.82. The summed E-state index contributed by atoms with van der Waals surface area (Å²) in [6, 6.07) is 8.30. The van der Waals surface area contributed by atoms with E-state index in [0.29, 0.717) is 25.6 Å². The molecular weight excluding hydrogens is 392 g/mol. The molecule has 3 N–H and O–H groups in total. The molecule has 1 aromatic heterocycles. The molecule has 1 aliphatic heterocycles. The molecule has 0 unspecified atom stereocenters. The zero-order valence-electron chi connectivity index (χ0n) is 18.8. The summed E-state index contributed by atoms with van der Waals surface area (Å²) < 4.78 is 0. The zero-order chi connectivity index (χ0) is 22.5. The summed E-state index contributed by atoms with van der Waals surface area (Å²) in [4.78, 5) is 30.3. The maximum absolute atomic E-state index is 11.9. The third-order valence-corrected chi connectivity index (χ3v) is 5.55. The number of pyridine rings is 1. The number of aryl methyl sites for hydroxylation is 2. The lowest BCUT2D eigenvalue weighted by Crippen LogP contribution is -2.47. The Balaban J connectivity index is 2.16. The fraction of sp³-hybridized carbons (Fsp3) is 0.458. The minimum atomic E-state index is -1.06. The average molecular weight is 425 g/mol. The Morgan fingerprint density at radius 1 is 1.23 bits per heavy atom. The van der Waals surface area contributed by atoms with Gasteiger partial charge in [-0.1, -0.05) is 43.7 Å². The van der Waals surface area contributed by atoms with E-state index in [1.807, 2.05) is 13.8 Å². The fourth-order valence-corrected chi connectivity index (χ4v) is 4.07. The molecule has 0 saturated carbocycles. The normalized spacial score (nSPS) is 14.5. The number of rotatable bonds is 7. The Bertz CT molecular complexity index is 954. The molecule has 7 heteroatoms. The summed E-state index contributed by atoms with van der Waals surface area (Å²) in [5.41, 5.74) is 7.06. The second-order valence-corrected chi connectivity index (χ2v) is 8.66. The van der Waals surface area contributed by atoms with Crippen molar-refractivity contribution in [2.24, 2.45) is 5.92 Å². The van der Waals surface area contributed by atoms with E-state index in [1.54, 1.807) is 0 Å². The van der Waals surface area contributed by atoms with Crippen LogP contribution in [0.4, 0.5) is 4.79 Å². The van der Waals surface area contributed by atoms with E-state index in [2.05, 4.69) is 53.6 Å². The molecule has 0 bridgehead atoms. The minimum absolute atomic E-state index is 0.0259. The number of carbonyl (C=O) groups is 2. The molecule has 1 aliphatic rings. The van der Waals surface area contributed by atoms with Crippen LogP contribution in [0, 0.1) is 19.8 Å². The molecule has 1 saturated heterocycles. The van der Waals surface area contributed by atoms with E-state index < -0.39 is 6.09 Å². The molecule has 2 heterocycles. The first kappa shape index (κ1) is 22.7. The Kier molecular flexibility index (Phi) is 7.28. The molecule has 3 rings (SSSR count). The van der Waals surface area contributed by atoms with Crippen LogP contribution in [0.1, 0.15) is 41.9 Å². The van der Waals surface area contributed by atoms with Gasteiger partial charge in [0.1, 0.15) is 0 Å². The first-order chi connectivity index (χ1) is 14.7. The van der Waals surface area contributed by atoms with Crippen LogP contribution in [-0.2, 0) is 24.3 Å². The van der Waals surface area contributed by atoms with Crippen molar-refractivity contribution in [1.82, 2.24) is 20.5 Å². The van der Waals surface area contributed by atoms with Gasteiger partial charge in [-0.2, -0.15) is 0 Å². The molecule has 0 atom stereocenters. The largest absolute Gasteiger partial charge is 0.465 e. The second kappa shape index (κ2) is 9.92. The summed E-state index contributed by atoms with van der Waals surface area (Å²) in [5, 5.41) is 14.7. The van der Waals surface area contributed by atoms with Crippen LogP contribution < -0.4 is 10.6 Å². The van der Waals surface area contributed by atoms with Crippen molar-refractivity contribution in [2.45, 2.75) is 47.2 Å². The number of carbonyl (C=O) groups excluding carboxylic acids is 1. The molecule has 2 amide bonds. The van der Waals surface area contributed by atoms with Gasteiger partial charge in [-0.25, -0.2) is 4.79 Å². The van der Waals surface area contributed by atoms with Crippen molar-refractivity contribution in [3.8, 4) is 11.1 Å². The molecule has 0 radical (unpaired) electrons. The van der Waals surface area contributed by atoms with Crippen molar-refractivity contribution in [1.29, 1.82) is 0 Å². The second-order valence-electron chi connectivity index (χ2n) is 8.66. The molecule has 0 aliphatic carbocycles. The predicted molar refractivity (Wildman–Crippen MR) is 121 cm³/mol. The average Bonchev–Trinajstić information content (AvgIpc) is 2.69. The summed E-state index contributed by atoms with van der Waals surface area (Å²) in [6.45, 7) is 10.9. The van der Waals surface area contributed by atoms with Crippen molar-refractivity contribution >= 4 is 12.0 Å². The zero-order valence-corrected chi connectivity index (χ0v) is 18.8. The first-order valence-electron chi connectivity index (χ1n) is 10.8. The van der Waals surface area contributed by atoms with Gasteiger partial charge in [0.05, 0.1) is 6.54 Å². The number of amides is 2. The quantitative estimate of drug-likeness (QED) is 0.634. The lowest BCUT2D eigenvalue weighted by atomic mass is 9.89. The van der Waals surface area contributed by atoms with Crippen LogP contribution >= 0.6 is 0 Å². The van der Waals surface area contributed by atoms with Gasteiger partial charge >= 0.3 is 6.09 Å². The highest BCUT2D eigenvalue weighted by Crippen LogP contribution is 2.33. The number of hydrogen-bond donors (Lipinski definition) is 3. The number of aromatic nitrogens is 1. The monoisotopic (exact) mass is 424 g/mol. The Labute approximate surface area is 183 Å². The summed E-state index contributed by atoms with van der Waals surface area (Å²) >= 11 is 0. The topological polar surface area (TPSA) is 94.6 Å². The summed E-state index contributed by atoms with van der Waals surface area (Å²) in [5.74, 6) is 0.413. The van der Waals surface area contributed by atoms with E-state index in [-0.39, 0.29) is 12.5 Å². The highest BCUT2D eigenvalue weighted by Gasteiger charge is 2.24. The van der Waals surface area contributed by atoms with E-state index >= 15 is 0 Å². The molecule has 31 heavy (non-hydrogen) atoms. The first-order valence-corrected chi connectivity index (χ1v) is 10.8. The molecule has 0 spiro atoms. The van der Waals surface area contributed by atoms with E-state index in [4.69, 9.17) is 4.98 Å². The van der Waals surface area contributed by atoms with Crippen molar-refractivity contribution in [3.05, 3.63) is 52.3 Å². The van der Waals surface area contributed by atoms with Gasteiger partial charge in [0.2, 0.25) is 5.91 Å². The Morgan fingerprint density at radius 2 is 1.94 bits per heavy atom. The van der Waals surface area contributed by atoms with Gasteiger partial charge in [0, 0.05) is 43.1 Å². The SMILES string of the molecule is Cc1ccc(-c2c(CN3CCNC(=O)C3)c(C)nc(CC(C)C)c2CNC(=O)O)cc1. The summed E-state index contributed by atoms with van der Waals surface area (Å²) in [7, 11) is 0. The molecule has 1 aromatic carbocycles. The third-order valence-electron chi connectivity index (χ3n) is 5.55. The van der Waals surface area contributed by atoms with Crippen molar-refractivity contribution < 1.29 is 14.7 Å². The van der Waals surface area contributed by atoms with Crippen LogP contribution in [0.3, 0.4) is 0 Å². The number of carboxylic acid groups (broad SMARTS) is 1. The highest BCUT2D eigenvalue weighted by molar-refractivity contribution is 5.79. The maximum Gasteiger partial charge on any atom is 0.404 e. The van der Waals surface area contributed by atoms with Gasteiger partial charge in [-0.3, -0.25) is 14.7 Å². The van der Waals surface area contributed by atoms with Gasteiger partial charge in [0.25, 0.3) is 0 Å². The molecule has 7 nitrogen and oxygen atoms in total. The van der Waals surface area contributed by atoms with E-state index in [9.17, 15) is 14.7 Å². The van der Waals surface area contributed by atoms with Gasteiger partial charge in [-0.05, 0) is 42.9 Å². The van der Waals surface area contributed by atoms with Gasteiger partial charge in [0.15, 0.2) is 0 Å². The standard InChI is InChI=1S/C24H32N4O3/c1-15(2)11-21-19(12-26-24(30)31)23(18-7-5-16(3)6-8-18)20(17(4)27-21)13-28-10-9-25-22(29)14-28/h5-8,15,26H,9-14H2,1-4H3,(H,25,29)(H,30,31). The van der Waals surface area contributed by atoms with Crippen molar-refractivity contribution in [3.63, 3.8) is 0 Å². The number of piperazine rings is 1. The fourth-order valence-electron chi connectivity index (χ4n) is 4.07. The molecular formula is C24H32N4O3. The number of benzene rings is 1. The Morgan fingerprint density at radius 3 is 2.55 bits per heavy atom. The number of nitrogens with zero attached hydrogens (tertiary/aromatic N) is 2. The van der Waals surface area contributed by atoms with E-state index in [1.165, 1.54) is 0 Å². The van der Waals surface area contributed by atoms with Gasteiger partial charge < -0.3 is 15.7 Å². The minimum Gasteiger partial charge on any atom is -0.465 e.